The summed E-state index contributed by atoms with van der Waals surface area (Å²) >= 11 is 0. The number of pyridine rings is 2. The van der Waals surface area contributed by atoms with Crippen LogP contribution >= 0.6 is 0 Å². The van der Waals surface area contributed by atoms with Gasteiger partial charge in [-0.15, -0.1) is 0 Å². The number of fused-ring (bicyclic) bond motifs is 1. The van der Waals surface area contributed by atoms with Crippen LogP contribution in [-0.4, -0.2) is 56.5 Å². The zero-order valence-electron chi connectivity index (χ0n) is 17.2. The zero-order chi connectivity index (χ0) is 21.1. The number of esters is 1. The Hall–Kier alpha value is -3.29. The van der Waals surface area contributed by atoms with Gasteiger partial charge < -0.3 is 14.2 Å². The predicted octanol–water partition coefficient (Wildman–Crippen LogP) is 2.68. The molecule has 3 aromatic heterocycles. The fraction of sp³-hybridized carbons (Fsp3) is 0.409. The molecule has 1 aliphatic rings. The number of aromatic nitrogens is 4. The van der Waals surface area contributed by atoms with E-state index in [2.05, 4.69) is 15.0 Å². The molecular formula is C22H25N5O3. The Kier molecular flexibility index (Phi) is 5.48. The lowest BCUT2D eigenvalue weighted by Gasteiger charge is -2.40. The molecule has 0 radical (unpaired) electrons. The second kappa shape index (κ2) is 8.22. The summed E-state index contributed by atoms with van der Waals surface area (Å²) in [6.07, 6.45) is 8.99. The Bertz CT molecular complexity index is 1070. The lowest BCUT2D eigenvalue weighted by Crippen LogP contribution is -2.50. The molecule has 8 heteroatoms. The fourth-order valence-corrected chi connectivity index (χ4v) is 4.17. The van der Waals surface area contributed by atoms with Crippen molar-refractivity contribution in [2.24, 2.45) is 5.41 Å². The van der Waals surface area contributed by atoms with Gasteiger partial charge in [0.1, 0.15) is 5.52 Å². The first-order valence-electron chi connectivity index (χ1n) is 10.1. The minimum atomic E-state index is -0.633. The summed E-state index contributed by atoms with van der Waals surface area (Å²) < 4.78 is 6.95. The van der Waals surface area contributed by atoms with Crippen LogP contribution in [0.1, 0.15) is 42.1 Å². The molecule has 0 N–H and O–H groups in total. The van der Waals surface area contributed by atoms with Crippen LogP contribution in [0.3, 0.4) is 0 Å². The van der Waals surface area contributed by atoms with Gasteiger partial charge in [0.25, 0.3) is 5.91 Å². The molecule has 1 saturated heterocycles. The Balaban J connectivity index is 1.56. The molecule has 1 unspecified atom stereocenters. The number of hydrogen-bond acceptors (Lipinski definition) is 6. The monoisotopic (exact) mass is 407 g/mol. The van der Waals surface area contributed by atoms with Gasteiger partial charge >= 0.3 is 5.97 Å². The van der Waals surface area contributed by atoms with Gasteiger partial charge in [-0.05, 0) is 37.0 Å². The van der Waals surface area contributed by atoms with Crippen LogP contribution in [-0.2, 0) is 16.1 Å². The minimum absolute atomic E-state index is 0.132. The number of ether oxygens (including phenoxy) is 1. The van der Waals surface area contributed by atoms with Crippen molar-refractivity contribution < 1.29 is 14.3 Å². The van der Waals surface area contributed by atoms with E-state index in [1.54, 1.807) is 35.9 Å². The van der Waals surface area contributed by atoms with E-state index in [1.165, 1.54) is 7.11 Å². The Labute approximate surface area is 174 Å². The normalized spacial score (nSPS) is 19.1. The number of piperidine rings is 1. The van der Waals surface area contributed by atoms with Gasteiger partial charge in [-0.1, -0.05) is 13.0 Å². The number of likely N-dealkylation sites (tertiary alicyclic amines) is 1. The molecule has 1 amide bonds. The number of rotatable bonds is 5. The maximum Gasteiger partial charge on any atom is 0.313 e. The Morgan fingerprint density at radius 1 is 1.27 bits per heavy atom. The van der Waals surface area contributed by atoms with E-state index in [1.807, 2.05) is 23.6 Å². The summed E-state index contributed by atoms with van der Waals surface area (Å²) in [6, 6.07) is 5.65. The highest BCUT2D eigenvalue weighted by Gasteiger charge is 2.43. The lowest BCUT2D eigenvalue weighted by atomic mass is 9.77. The van der Waals surface area contributed by atoms with E-state index in [0.29, 0.717) is 42.8 Å². The highest BCUT2D eigenvalue weighted by molar-refractivity contribution is 5.96. The summed E-state index contributed by atoms with van der Waals surface area (Å²) in [6.45, 7) is 3.55. The average Bonchev–Trinajstić information content (AvgIpc) is 3.20. The van der Waals surface area contributed by atoms with Gasteiger partial charge in [0.2, 0.25) is 0 Å². The molecule has 0 bridgehead atoms. The molecule has 4 rings (SSSR count). The van der Waals surface area contributed by atoms with E-state index >= 15 is 0 Å². The van der Waals surface area contributed by atoms with Crippen LogP contribution in [0.4, 0.5) is 0 Å². The van der Waals surface area contributed by atoms with Crippen molar-refractivity contribution in [3.63, 3.8) is 0 Å². The molecule has 3 aromatic rings. The molecule has 30 heavy (non-hydrogen) atoms. The van der Waals surface area contributed by atoms with Crippen LogP contribution in [0.25, 0.3) is 11.2 Å². The molecule has 1 aliphatic heterocycles. The maximum atomic E-state index is 13.1. The largest absolute Gasteiger partial charge is 0.469 e. The molecule has 8 nitrogen and oxygen atoms in total. The first-order valence-corrected chi connectivity index (χ1v) is 10.1. The van der Waals surface area contributed by atoms with Crippen LogP contribution in [0.5, 0.6) is 0 Å². The van der Waals surface area contributed by atoms with Crippen molar-refractivity contribution in [3.8, 4) is 0 Å². The Morgan fingerprint density at radius 3 is 2.87 bits per heavy atom. The number of carbonyl (C=O) groups is 2. The second-order valence-electron chi connectivity index (χ2n) is 7.76. The molecular weight excluding hydrogens is 382 g/mol. The summed E-state index contributed by atoms with van der Waals surface area (Å²) in [5, 5.41) is 0. The van der Waals surface area contributed by atoms with Crippen molar-refractivity contribution in [1.29, 1.82) is 0 Å². The van der Waals surface area contributed by atoms with Crippen LogP contribution in [0.15, 0.2) is 43.1 Å². The molecule has 0 spiro atoms. The SMILES string of the molecule is CCC1(C(=O)OC)CCCN(C(=O)c2cnc3c(c2)ncn3Cc2cccnc2)C1. The smallest absolute Gasteiger partial charge is 0.313 e. The third-order valence-electron chi connectivity index (χ3n) is 5.94. The van der Waals surface area contributed by atoms with Crippen molar-refractivity contribution in [2.45, 2.75) is 32.7 Å². The number of amides is 1. The third kappa shape index (κ3) is 3.65. The molecule has 0 saturated carbocycles. The zero-order valence-corrected chi connectivity index (χ0v) is 17.2. The molecule has 0 aromatic carbocycles. The summed E-state index contributed by atoms with van der Waals surface area (Å²) in [4.78, 5) is 40.3. The van der Waals surface area contributed by atoms with Crippen molar-refractivity contribution in [1.82, 2.24) is 24.4 Å². The fourth-order valence-electron chi connectivity index (χ4n) is 4.17. The summed E-state index contributed by atoms with van der Waals surface area (Å²) in [5.41, 5.74) is 2.27. The van der Waals surface area contributed by atoms with Crippen molar-refractivity contribution in [2.75, 3.05) is 20.2 Å². The third-order valence-corrected chi connectivity index (χ3v) is 5.94. The Morgan fingerprint density at radius 2 is 2.13 bits per heavy atom. The number of carbonyl (C=O) groups excluding carboxylic acids is 2. The second-order valence-corrected chi connectivity index (χ2v) is 7.76. The number of imidazole rings is 1. The lowest BCUT2D eigenvalue weighted by molar-refractivity contribution is -0.156. The number of methoxy groups -OCH3 is 1. The highest BCUT2D eigenvalue weighted by atomic mass is 16.5. The molecule has 1 atom stereocenters. The number of nitrogens with zero attached hydrogens (tertiary/aromatic N) is 5. The maximum absolute atomic E-state index is 13.1. The highest BCUT2D eigenvalue weighted by Crippen LogP contribution is 2.35. The quantitative estimate of drug-likeness (QED) is 0.604. The first kappa shape index (κ1) is 20.0. The van der Waals surface area contributed by atoms with E-state index in [9.17, 15) is 9.59 Å². The summed E-state index contributed by atoms with van der Waals surface area (Å²) in [7, 11) is 1.40. The van der Waals surface area contributed by atoms with Crippen LogP contribution in [0, 0.1) is 5.41 Å². The first-order chi connectivity index (χ1) is 14.6. The topological polar surface area (TPSA) is 90.2 Å². The van der Waals surface area contributed by atoms with Crippen LogP contribution < -0.4 is 0 Å². The predicted molar refractivity (Wildman–Crippen MR) is 111 cm³/mol. The van der Waals surface area contributed by atoms with Gasteiger partial charge in [-0.25, -0.2) is 9.97 Å². The van der Waals surface area contributed by atoms with E-state index < -0.39 is 5.41 Å². The van der Waals surface area contributed by atoms with E-state index in [-0.39, 0.29) is 11.9 Å². The van der Waals surface area contributed by atoms with E-state index in [0.717, 1.165) is 18.4 Å². The van der Waals surface area contributed by atoms with Gasteiger partial charge in [-0.3, -0.25) is 14.6 Å². The number of hydrogen-bond donors (Lipinski definition) is 0. The average molecular weight is 407 g/mol. The molecule has 1 fully saturated rings. The van der Waals surface area contributed by atoms with Gasteiger partial charge in [0.15, 0.2) is 5.65 Å². The molecule has 4 heterocycles. The standard InChI is InChI=1S/C22H25N5O3/c1-3-22(21(29)30-2)7-5-9-26(14-22)20(28)17-10-18-19(24-12-17)27(15-25-18)13-16-6-4-8-23-11-16/h4,6,8,10-12,15H,3,5,7,9,13-14H2,1-2H3. The minimum Gasteiger partial charge on any atom is -0.469 e. The van der Waals surface area contributed by atoms with Crippen molar-refractivity contribution >= 4 is 23.0 Å². The van der Waals surface area contributed by atoms with Gasteiger partial charge in [0.05, 0.1) is 31.0 Å². The van der Waals surface area contributed by atoms with Gasteiger partial charge in [-0.2, -0.15) is 0 Å². The van der Waals surface area contributed by atoms with E-state index in [4.69, 9.17) is 4.74 Å². The van der Waals surface area contributed by atoms with Crippen LogP contribution in [0.2, 0.25) is 0 Å². The van der Waals surface area contributed by atoms with Crippen molar-refractivity contribution in [3.05, 3.63) is 54.2 Å². The molecule has 156 valence electrons. The summed E-state index contributed by atoms with van der Waals surface area (Å²) in [5.74, 6) is -0.377. The molecule has 0 aliphatic carbocycles. The van der Waals surface area contributed by atoms with Gasteiger partial charge in [0, 0.05) is 31.7 Å².